The van der Waals surface area contributed by atoms with Gasteiger partial charge in [0, 0.05) is 4.88 Å². The molecule has 0 atom stereocenters. The number of tetrazole rings is 1. The van der Waals surface area contributed by atoms with Gasteiger partial charge in [-0.15, -0.1) is 16.4 Å². The summed E-state index contributed by atoms with van der Waals surface area (Å²) in [5, 5.41) is 26.4. The zero-order chi connectivity index (χ0) is 16.1. The molecule has 0 bridgehead atoms. The molecule has 1 amide bonds. The zero-order valence-corrected chi connectivity index (χ0v) is 14.1. The number of nitrogens with one attached hydrogen (secondary N) is 1. The summed E-state index contributed by atoms with van der Waals surface area (Å²) >= 11 is 2.92. The van der Waals surface area contributed by atoms with Gasteiger partial charge in [0.25, 0.3) is 0 Å². The van der Waals surface area contributed by atoms with E-state index >= 15 is 0 Å². The van der Waals surface area contributed by atoms with Crippen molar-refractivity contribution in [2.24, 2.45) is 0 Å². The topological polar surface area (TPSA) is 96.5 Å². The fraction of sp³-hybridized carbons (Fsp3) is 0.500. The average molecular weight is 348 g/mol. The van der Waals surface area contributed by atoms with Crippen LogP contribution < -0.4 is 5.32 Å². The fourth-order valence-corrected chi connectivity index (χ4v) is 3.99. The summed E-state index contributed by atoms with van der Waals surface area (Å²) < 4.78 is 1.68. The minimum atomic E-state index is -0.680. The summed E-state index contributed by atoms with van der Waals surface area (Å²) in [5.74, 6) is 0.0537. The van der Waals surface area contributed by atoms with Crippen LogP contribution in [-0.2, 0) is 11.3 Å². The molecule has 1 aliphatic carbocycles. The lowest BCUT2D eigenvalue weighted by atomic mass is 10.0. The van der Waals surface area contributed by atoms with Gasteiger partial charge < -0.3 is 5.32 Å². The number of aromatic nitrogens is 4. The van der Waals surface area contributed by atoms with Crippen LogP contribution in [-0.4, -0.2) is 37.4 Å². The molecule has 0 radical (unpaired) electrons. The van der Waals surface area contributed by atoms with Crippen molar-refractivity contribution in [3.8, 4) is 6.07 Å². The molecule has 7 nitrogen and oxygen atoms in total. The quantitative estimate of drug-likeness (QED) is 0.800. The first kappa shape index (κ1) is 16.0. The van der Waals surface area contributed by atoms with Gasteiger partial charge in [0.2, 0.25) is 11.1 Å². The van der Waals surface area contributed by atoms with Crippen LogP contribution in [0.25, 0.3) is 0 Å². The molecule has 3 rings (SSSR count). The smallest absolute Gasteiger partial charge is 0.231 e. The molecule has 0 unspecified atom stereocenters. The van der Waals surface area contributed by atoms with E-state index in [-0.39, 0.29) is 11.7 Å². The van der Waals surface area contributed by atoms with E-state index in [0.717, 1.165) is 30.6 Å². The molecule has 1 fully saturated rings. The minimum Gasteiger partial charge on any atom is -0.337 e. The summed E-state index contributed by atoms with van der Waals surface area (Å²) in [7, 11) is 0. The first-order chi connectivity index (χ1) is 11.2. The Kier molecular flexibility index (Phi) is 4.93. The van der Waals surface area contributed by atoms with Gasteiger partial charge in [-0.2, -0.15) is 5.26 Å². The highest BCUT2D eigenvalue weighted by molar-refractivity contribution is 7.99. The molecule has 0 aromatic carbocycles. The summed E-state index contributed by atoms with van der Waals surface area (Å²) in [6.07, 6.45) is 3.44. The molecule has 2 aromatic heterocycles. The number of thiophene rings is 1. The molecular formula is C14H16N6OS2. The molecule has 9 heteroatoms. The Bertz CT molecular complexity index is 699. The lowest BCUT2D eigenvalue weighted by Gasteiger charge is -2.21. The average Bonchev–Trinajstić information content (AvgIpc) is 3.28. The molecule has 120 valence electrons. The Balaban J connectivity index is 1.55. The van der Waals surface area contributed by atoms with Gasteiger partial charge in [-0.3, -0.25) is 4.79 Å². The molecule has 23 heavy (non-hydrogen) atoms. The minimum absolute atomic E-state index is 0.149. The van der Waals surface area contributed by atoms with E-state index in [2.05, 4.69) is 26.9 Å². The molecule has 2 aromatic rings. The van der Waals surface area contributed by atoms with Crippen molar-refractivity contribution in [2.75, 3.05) is 5.75 Å². The van der Waals surface area contributed by atoms with Crippen molar-refractivity contribution < 1.29 is 4.79 Å². The second-order valence-electron chi connectivity index (χ2n) is 5.44. The van der Waals surface area contributed by atoms with E-state index in [1.807, 2.05) is 17.5 Å². The number of carbonyl (C=O) groups excluding carboxylic acids is 1. The molecule has 1 saturated carbocycles. The number of hydrogen-bond acceptors (Lipinski definition) is 7. The van der Waals surface area contributed by atoms with E-state index in [0.29, 0.717) is 11.7 Å². The van der Waals surface area contributed by atoms with Crippen molar-refractivity contribution in [1.29, 1.82) is 5.26 Å². The van der Waals surface area contributed by atoms with E-state index < -0.39 is 5.54 Å². The third-order valence-electron chi connectivity index (χ3n) is 3.77. The fourth-order valence-electron chi connectivity index (χ4n) is 2.63. The molecule has 1 N–H and O–H groups in total. The maximum atomic E-state index is 12.1. The molecule has 0 saturated heterocycles. The van der Waals surface area contributed by atoms with Crippen LogP contribution in [0.3, 0.4) is 0 Å². The Morgan fingerprint density at radius 2 is 2.35 bits per heavy atom. The van der Waals surface area contributed by atoms with Crippen LogP contribution in [0.2, 0.25) is 0 Å². The third-order valence-corrected chi connectivity index (χ3v) is 5.59. The van der Waals surface area contributed by atoms with Crippen LogP contribution in [0, 0.1) is 11.3 Å². The lowest BCUT2D eigenvalue weighted by Crippen LogP contribution is -2.45. The predicted octanol–water partition coefficient (Wildman–Crippen LogP) is 1.83. The van der Waals surface area contributed by atoms with E-state index in [9.17, 15) is 10.1 Å². The predicted molar refractivity (Wildman–Crippen MR) is 86.9 cm³/mol. The van der Waals surface area contributed by atoms with Crippen LogP contribution in [0.4, 0.5) is 0 Å². The van der Waals surface area contributed by atoms with E-state index in [1.165, 1.54) is 11.8 Å². The lowest BCUT2D eigenvalue weighted by molar-refractivity contribution is -0.119. The first-order valence-corrected chi connectivity index (χ1v) is 9.21. The number of hydrogen-bond donors (Lipinski definition) is 1. The van der Waals surface area contributed by atoms with E-state index in [1.54, 1.807) is 16.0 Å². The number of thioether (sulfide) groups is 1. The largest absolute Gasteiger partial charge is 0.337 e. The van der Waals surface area contributed by atoms with Crippen LogP contribution in [0.5, 0.6) is 0 Å². The van der Waals surface area contributed by atoms with Gasteiger partial charge in [-0.25, -0.2) is 4.68 Å². The molecule has 0 aliphatic heterocycles. The Labute approximate surface area is 142 Å². The second-order valence-corrected chi connectivity index (χ2v) is 7.41. The Morgan fingerprint density at radius 1 is 1.52 bits per heavy atom. The standard InChI is InChI=1S/C14H16N6OS2/c15-10-14(5-1-2-6-14)16-12(21)9-23-13-17-18-19-20(13)8-11-4-3-7-22-11/h3-4,7H,1-2,5-6,8-9H2,(H,16,21). The van der Waals surface area contributed by atoms with Crippen molar-refractivity contribution in [3.05, 3.63) is 22.4 Å². The van der Waals surface area contributed by atoms with Gasteiger partial charge in [-0.1, -0.05) is 17.8 Å². The number of amides is 1. The van der Waals surface area contributed by atoms with Crippen molar-refractivity contribution in [1.82, 2.24) is 25.5 Å². The number of rotatable bonds is 6. The Morgan fingerprint density at radius 3 is 3.04 bits per heavy atom. The number of nitriles is 1. The number of carbonyl (C=O) groups is 1. The monoisotopic (exact) mass is 348 g/mol. The SMILES string of the molecule is N#CC1(NC(=O)CSc2nnnn2Cc2cccs2)CCCC1. The maximum absolute atomic E-state index is 12.1. The molecule has 0 spiro atoms. The van der Waals surface area contributed by atoms with Gasteiger partial charge in [0.1, 0.15) is 5.54 Å². The van der Waals surface area contributed by atoms with Crippen LogP contribution in [0.15, 0.2) is 22.7 Å². The zero-order valence-electron chi connectivity index (χ0n) is 12.4. The third kappa shape index (κ3) is 3.89. The first-order valence-electron chi connectivity index (χ1n) is 7.34. The number of nitrogens with zero attached hydrogens (tertiary/aromatic N) is 5. The normalized spacial score (nSPS) is 16.1. The summed E-state index contributed by atoms with van der Waals surface area (Å²) in [6.45, 7) is 0.594. The Hall–Kier alpha value is -1.92. The highest BCUT2D eigenvalue weighted by Crippen LogP contribution is 2.29. The van der Waals surface area contributed by atoms with Crippen LogP contribution in [0.1, 0.15) is 30.6 Å². The molecular weight excluding hydrogens is 332 g/mol. The molecule has 1 aliphatic rings. The highest BCUT2D eigenvalue weighted by atomic mass is 32.2. The van der Waals surface area contributed by atoms with Gasteiger partial charge >= 0.3 is 0 Å². The van der Waals surface area contributed by atoms with Crippen LogP contribution >= 0.6 is 23.1 Å². The van der Waals surface area contributed by atoms with Crippen molar-refractivity contribution in [2.45, 2.75) is 42.9 Å². The summed E-state index contributed by atoms with van der Waals surface area (Å²) in [5.41, 5.74) is -0.680. The molecule has 2 heterocycles. The van der Waals surface area contributed by atoms with Gasteiger partial charge in [-0.05, 0) is 47.6 Å². The van der Waals surface area contributed by atoms with Gasteiger partial charge in [0.15, 0.2) is 0 Å². The van der Waals surface area contributed by atoms with E-state index in [4.69, 9.17) is 0 Å². The van der Waals surface area contributed by atoms with Crippen molar-refractivity contribution >= 4 is 29.0 Å². The van der Waals surface area contributed by atoms with Crippen molar-refractivity contribution in [3.63, 3.8) is 0 Å². The highest BCUT2D eigenvalue weighted by Gasteiger charge is 2.35. The summed E-state index contributed by atoms with van der Waals surface area (Å²) in [4.78, 5) is 13.3. The second kappa shape index (κ2) is 7.10. The summed E-state index contributed by atoms with van der Waals surface area (Å²) in [6, 6.07) is 6.26. The maximum Gasteiger partial charge on any atom is 0.231 e. The van der Waals surface area contributed by atoms with Gasteiger partial charge in [0.05, 0.1) is 18.4 Å².